The molecule has 0 aliphatic carbocycles. The first-order valence-corrected chi connectivity index (χ1v) is 8.31. The average Bonchev–Trinajstić information content (AvgIpc) is 3.04. The van der Waals surface area contributed by atoms with Crippen molar-refractivity contribution in [3.8, 4) is 0 Å². The Labute approximate surface area is 142 Å². The molecule has 2 aromatic carbocycles. The summed E-state index contributed by atoms with van der Waals surface area (Å²) in [6.45, 7) is -0.0260. The number of hydrogen-bond donors (Lipinski definition) is 3. The highest BCUT2D eigenvalue weighted by molar-refractivity contribution is 7.17. The number of fused-ring (bicyclic) bond motifs is 1. The Kier molecular flexibility index (Phi) is 4.88. The van der Waals surface area contributed by atoms with Crippen LogP contribution in [0.25, 0.3) is 10.1 Å². The van der Waals surface area contributed by atoms with Gasteiger partial charge in [0, 0.05) is 22.5 Å². The Morgan fingerprint density at radius 2 is 1.71 bits per heavy atom. The summed E-state index contributed by atoms with van der Waals surface area (Å²) in [6.07, 6.45) is -0.866. The van der Waals surface area contributed by atoms with Crippen molar-refractivity contribution in [2.75, 3.05) is 11.9 Å². The van der Waals surface area contributed by atoms with Crippen LogP contribution in [0.2, 0.25) is 0 Å². The zero-order valence-electron chi connectivity index (χ0n) is 12.7. The second kappa shape index (κ2) is 7.25. The number of thiophene rings is 1. The molecule has 0 bridgehead atoms. The van der Waals surface area contributed by atoms with E-state index in [9.17, 15) is 14.7 Å². The molecular weight excluding hydrogens is 324 g/mol. The van der Waals surface area contributed by atoms with Crippen LogP contribution in [0.3, 0.4) is 0 Å². The lowest BCUT2D eigenvalue weighted by molar-refractivity contribution is -0.136. The van der Waals surface area contributed by atoms with Gasteiger partial charge in [0.2, 0.25) is 0 Å². The monoisotopic (exact) mass is 340 g/mol. The van der Waals surface area contributed by atoms with E-state index in [0.717, 1.165) is 15.6 Å². The number of carbonyl (C=O) groups is 2. The molecule has 1 aromatic heterocycles. The summed E-state index contributed by atoms with van der Waals surface area (Å²) in [5.41, 5.74) is 1.29. The van der Waals surface area contributed by atoms with Gasteiger partial charge in [-0.25, -0.2) is 0 Å². The largest absolute Gasteiger partial charge is 0.387 e. The van der Waals surface area contributed by atoms with E-state index in [2.05, 4.69) is 10.6 Å². The summed E-state index contributed by atoms with van der Waals surface area (Å²) in [6, 6.07) is 16.5. The van der Waals surface area contributed by atoms with Crippen LogP contribution in [0.1, 0.15) is 11.7 Å². The number of aliphatic hydroxyl groups excluding tert-OH is 1. The van der Waals surface area contributed by atoms with Crippen LogP contribution in [0.15, 0.2) is 60.0 Å². The first-order chi connectivity index (χ1) is 11.6. The van der Waals surface area contributed by atoms with Crippen molar-refractivity contribution in [1.29, 1.82) is 0 Å². The summed E-state index contributed by atoms with van der Waals surface area (Å²) in [4.78, 5) is 23.7. The molecule has 5 nitrogen and oxygen atoms in total. The molecule has 122 valence electrons. The van der Waals surface area contributed by atoms with Crippen LogP contribution in [0.5, 0.6) is 0 Å². The SMILES string of the molecule is O=C(NC[C@@H](O)c1csc2ccccc12)C(=O)Nc1ccccc1. The number of rotatable bonds is 4. The number of amides is 2. The maximum absolute atomic E-state index is 11.9. The number of nitrogens with one attached hydrogen (secondary N) is 2. The molecular formula is C18H16N2O3S. The fraction of sp³-hybridized carbons (Fsp3) is 0.111. The normalized spacial score (nSPS) is 11.9. The van der Waals surface area contributed by atoms with E-state index >= 15 is 0 Å². The first kappa shape index (κ1) is 16.2. The fourth-order valence-corrected chi connectivity index (χ4v) is 3.35. The van der Waals surface area contributed by atoms with Crippen molar-refractivity contribution in [1.82, 2.24) is 5.32 Å². The molecule has 1 atom stereocenters. The summed E-state index contributed by atoms with van der Waals surface area (Å²) >= 11 is 1.53. The van der Waals surface area contributed by atoms with E-state index in [-0.39, 0.29) is 6.54 Å². The molecule has 0 saturated carbocycles. The number of para-hydroxylation sites is 1. The van der Waals surface area contributed by atoms with E-state index in [1.165, 1.54) is 11.3 Å². The minimum atomic E-state index is -0.866. The summed E-state index contributed by atoms with van der Waals surface area (Å²) in [5, 5.41) is 18.1. The lowest BCUT2D eigenvalue weighted by atomic mass is 10.1. The van der Waals surface area contributed by atoms with Crippen molar-refractivity contribution in [3.05, 3.63) is 65.5 Å². The third kappa shape index (κ3) is 3.61. The van der Waals surface area contributed by atoms with Gasteiger partial charge in [-0.05, 0) is 29.0 Å². The van der Waals surface area contributed by atoms with E-state index in [4.69, 9.17) is 0 Å². The molecule has 6 heteroatoms. The van der Waals surface area contributed by atoms with Gasteiger partial charge in [-0.3, -0.25) is 9.59 Å². The topological polar surface area (TPSA) is 78.4 Å². The fourth-order valence-electron chi connectivity index (χ4n) is 2.35. The summed E-state index contributed by atoms with van der Waals surface area (Å²) in [7, 11) is 0. The summed E-state index contributed by atoms with van der Waals surface area (Å²) in [5.74, 6) is -1.54. The molecule has 24 heavy (non-hydrogen) atoms. The molecule has 0 aliphatic heterocycles. The highest BCUT2D eigenvalue weighted by Crippen LogP contribution is 2.29. The second-order valence-corrected chi connectivity index (χ2v) is 6.14. The van der Waals surface area contributed by atoms with Crippen molar-refractivity contribution >= 4 is 38.9 Å². The molecule has 2 amide bonds. The van der Waals surface area contributed by atoms with Gasteiger partial charge in [0.25, 0.3) is 0 Å². The van der Waals surface area contributed by atoms with Crippen LogP contribution in [0.4, 0.5) is 5.69 Å². The Morgan fingerprint density at radius 1 is 1.00 bits per heavy atom. The van der Waals surface area contributed by atoms with Gasteiger partial charge in [0.05, 0.1) is 6.10 Å². The van der Waals surface area contributed by atoms with Crippen molar-refractivity contribution < 1.29 is 14.7 Å². The average molecular weight is 340 g/mol. The predicted octanol–water partition coefficient (Wildman–Crippen LogP) is 2.69. The minimum Gasteiger partial charge on any atom is -0.387 e. The Morgan fingerprint density at radius 3 is 2.50 bits per heavy atom. The lowest BCUT2D eigenvalue weighted by Crippen LogP contribution is -2.37. The number of benzene rings is 2. The van der Waals surface area contributed by atoms with Gasteiger partial charge < -0.3 is 15.7 Å². The first-order valence-electron chi connectivity index (χ1n) is 7.43. The number of aliphatic hydroxyl groups is 1. The van der Waals surface area contributed by atoms with Crippen LogP contribution < -0.4 is 10.6 Å². The Bertz CT molecular complexity index is 861. The molecule has 3 N–H and O–H groups in total. The maximum Gasteiger partial charge on any atom is 0.313 e. The lowest BCUT2D eigenvalue weighted by Gasteiger charge is -2.11. The minimum absolute atomic E-state index is 0.0260. The standard InChI is InChI=1S/C18H16N2O3S/c21-15(14-11-24-16-9-5-4-8-13(14)16)10-19-17(22)18(23)20-12-6-2-1-3-7-12/h1-9,11,15,21H,10H2,(H,19,22)(H,20,23)/t15-/m1/s1. The van der Waals surface area contributed by atoms with Crippen LogP contribution in [-0.4, -0.2) is 23.5 Å². The van der Waals surface area contributed by atoms with E-state index in [0.29, 0.717) is 5.69 Å². The third-order valence-corrected chi connectivity index (χ3v) is 4.55. The number of hydrogen-bond acceptors (Lipinski definition) is 4. The highest BCUT2D eigenvalue weighted by Gasteiger charge is 2.17. The third-order valence-electron chi connectivity index (χ3n) is 3.56. The second-order valence-electron chi connectivity index (χ2n) is 5.23. The smallest absolute Gasteiger partial charge is 0.313 e. The van der Waals surface area contributed by atoms with Crippen molar-refractivity contribution in [3.63, 3.8) is 0 Å². The van der Waals surface area contributed by atoms with Crippen LogP contribution in [0, 0.1) is 0 Å². The Balaban J connectivity index is 1.58. The maximum atomic E-state index is 11.9. The molecule has 0 fully saturated rings. The van der Waals surface area contributed by atoms with Crippen molar-refractivity contribution in [2.45, 2.75) is 6.10 Å². The van der Waals surface area contributed by atoms with Crippen molar-refractivity contribution in [2.24, 2.45) is 0 Å². The predicted molar refractivity (Wildman–Crippen MR) is 94.9 cm³/mol. The van der Waals surface area contributed by atoms with E-state index in [1.54, 1.807) is 24.3 Å². The highest BCUT2D eigenvalue weighted by atomic mass is 32.1. The molecule has 0 unspecified atom stereocenters. The molecule has 0 aliphatic rings. The zero-order valence-corrected chi connectivity index (χ0v) is 13.5. The number of carbonyl (C=O) groups excluding carboxylic acids is 2. The molecule has 3 aromatic rings. The molecule has 0 radical (unpaired) electrons. The van der Waals surface area contributed by atoms with Gasteiger partial charge in [-0.1, -0.05) is 36.4 Å². The van der Waals surface area contributed by atoms with E-state index in [1.807, 2.05) is 35.7 Å². The molecule has 0 saturated heterocycles. The summed E-state index contributed by atoms with van der Waals surface area (Å²) < 4.78 is 1.07. The van der Waals surface area contributed by atoms with Gasteiger partial charge in [-0.2, -0.15) is 0 Å². The molecule has 0 spiro atoms. The Hall–Kier alpha value is -2.70. The van der Waals surface area contributed by atoms with Gasteiger partial charge in [0.15, 0.2) is 0 Å². The number of anilines is 1. The van der Waals surface area contributed by atoms with Gasteiger partial charge >= 0.3 is 11.8 Å². The van der Waals surface area contributed by atoms with Gasteiger partial charge in [0.1, 0.15) is 0 Å². The quantitative estimate of drug-likeness (QED) is 0.639. The van der Waals surface area contributed by atoms with Crippen LogP contribution >= 0.6 is 11.3 Å². The zero-order chi connectivity index (χ0) is 16.9. The van der Waals surface area contributed by atoms with Gasteiger partial charge in [-0.15, -0.1) is 11.3 Å². The van der Waals surface area contributed by atoms with E-state index < -0.39 is 17.9 Å². The molecule has 3 rings (SSSR count). The molecule has 1 heterocycles. The van der Waals surface area contributed by atoms with Crippen LogP contribution in [-0.2, 0) is 9.59 Å².